The van der Waals surface area contributed by atoms with Crippen LogP contribution < -0.4 is 5.56 Å². The first-order valence-corrected chi connectivity index (χ1v) is 9.19. The van der Waals surface area contributed by atoms with Gasteiger partial charge >= 0.3 is 0 Å². The monoisotopic (exact) mass is 342 g/mol. The van der Waals surface area contributed by atoms with Crippen LogP contribution in [-0.2, 0) is 6.54 Å². The number of nitrogens with zero attached hydrogens (tertiary/aromatic N) is 4. The van der Waals surface area contributed by atoms with Crippen LogP contribution in [0.4, 0.5) is 0 Å². The molecule has 0 unspecified atom stereocenters. The summed E-state index contributed by atoms with van der Waals surface area (Å²) in [7, 11) is 0. The van der Waals surface area contributed by atoms with Crippen LogP contribution in [0.25, 0.3) is 16.0 Å². The number of fused-ring (bicyclic) bond motifs is 2. The fourth-order valence-corrected chi connectivity index (χ4v) is 4.02. The first kappa shape index (κ1) is 14.5. The van der Waals surface area contributed by atoms with Crippen LogP contribution in [-0.4, -0.2) is 25.4 Å². The first-order valence-electron chi connectivity index (χ1n) is 7.15. The first-order chi connectivity index (χ1) is 11.2. The molecule has 0 aliphatic rings. The summed E-state index contributed by atoms with van der Waals surface area (Å²) < 4.78 is 3.42. The minimum Gasteiger partial charge on any atom is -0.268 e. The van der Waals surface area contributed by atoms with Crippen molar-refractivity contribution in [1.29, 1.82) is 0 Å². The molecule has 23 heavy (non-hydrogen) atoms. The van der Waals surface area contributed by atoms with Crippen LogP contribution in [0.2, 0.25) is 0 Å². The lowest BCUT2D eigenvalue weighted by atomic mass is 10.2. The van der Waals surface area contributed by atoms with E-state index in [1.165, 1.54) is 11.8 Å². The Bertz CT molecular complexity index is 1060. The fourth-order valence-electron chi connectivity index (χ4n) is 2.62. The molecule has 0 saturated carbocycles. The van der Waals surface area contributed by atoms with E-state index in [0.717, 1.165) is 15.3 Å². The number of rotatable bonds is 3. The SMILES string of the molecule is CSc1nn(Cc2ccccc2)c2nc3sc(C)cc3c(=O)n12. The molecule has 0 saturated heterocycles. The predicted octanol–water partition coefficient (Wildman–Crippen LogP) is 3.18. The van der Waals surface area contributed by atoms with E-state index >= 15 is 0 Å². The zero-order valence-electron chi connectivity index (χ0n) is 12.7. The van der Waals surface area contributed by atoms with E-state index in [4.69, 9.17) is 4.98 Å². The number of benzene rings is 1. The van der Waals surface area contributed by atoms with Gasteiger partial charge in [0.05, 0.1) is 11.9 Å². The minimum absolute atomic E-state index is 0.0435. The molecule has 5 nitrogen and oxygen atoms in total. The van der Waals surface area contributed by atoms with Crippen LogP contribution in [0.3, 0.4) is 0 Å². The third-order valence-electron chi connectivity index (χ3n) is 3.66. The lowest BCUT2D eigenvalue weighted by Gasteiger charge is -2.02. The zero-order chi connectivity index (χ0) is 16.0. The minimum atomic E-state index is -0.0435. The van der Waals surface area contributed by atoms with Crippen molar-refractivity contribution in [2.24, 2.45) is 0 Å². The molecule has 0 aliphatic heterocycles. The van der Waals surface area contributed by atoms with Crippen LogP contribution in [0.15, 0.2) is 46.3 Å². The smallest absolute Gasteiger partial charge is 0.268 e. The van der Waals surface area contributed by atoms with Crippen LogP contribution in [0.5, 0.6) is 0 Å². The van der Waals surface area contributed by atoms with Gasteiger partial charge in [0.15, 0.2) is 5.16 Å². The van der Waals surface area contributed by atoms with Crippen molar-refractivity contribution >= 4 is 39.1 Å². The van der Waals surface area contributed by atoms with Gasteiger partial charge in [-0.2, -0.15) is 0 Å². The summed E-state index contributed by atoms with van der Waals surface area (Å²) in [4.78, 5) is 19.4. The average Bonchev–Trinajstić information content (AvgIpc) is 3.09. The third-order valence-corrected chi connectivity index (χ3v) is 5.23. The van der Waals surface area contributed by atoms with Crippen molar-refractivity contribution in [2.75, 3.05) is 6.26 Å². The molecular formula is C16H14N4OS2. The predicted molar refractivity (Wildman–Crippen MR) is 94.7 cm³/mol. The van der Waals surface area contributed by atoms with Gasteiger partial charge in [0.2, 0.25) is 5.78 Å². The molecule has 0 radical (unpaired) electrons. The molecule has 116 valence electrons. The summed E-state index contributed by atoms with van der Waals surface area (Å²) in [6.07, 6.45) is 1.92. The van der Waals surface area contributed by atoms with Crippen LogP contribution >= 0.6 is 23.1 Å². The van der Waals surface area contributed by atoms with Gasteiger partial charge in [0.1, 0.15) is 4.83 Å². The second-order valence-electron chi connectivity index (χ2n) is 5.26. The van der Waals surface area contributed by atoms with E-state index in [9.17, 15) is 4.79 Å². The molecule has 0 amide bonds. The van der Waals surface area contributed by atoms with E-state index in [2.05, 4.69) is 5.10 Å². The summed E-state index contributed by atoms with van der Waals surface area (Å²) >= 11 is 2.99. The standard InChI is InChI=1S/C16H14N4OS2/c1-10-8-12-13(23-10)17-15-19(9-11-6-4-3-5-7-11)18-16(22-2)20(15)14(12)21/h3-8H,9H2,1-2H3. The Labute approximate surface area is 140 Å². The molecular weight excluding hydrogens is 328 g/mol. The Balaban J connectivity index is 1.99. The molecule has 4 rings (SSSR count). The second-order valence-corrected chi connectivity index (χ2v) is 7.27. The lowest BCUT2D eigenvalue weighted by Crippen LogP contribution is -2.15. The molecule has 3 heterocycles. The molecule has 0 N–H and O–H groups in total. The summed E-state index contributed by atoms with van der Waals surface area (Å²) in [5.74, 6) is 0.595. The molecule has 0 atom stereocenters. The molecule has 7 heteroatoms. The van der Waals surface area contributed by atoms with Gasteiger partial charge in [-0.05, 0) is 24.8 Å². The lowest BCUT2D eigenvalue weighted by molar-refractivity contribution is 0.681. The highest BCUT2D eigenvalue weighted by molar-refractivity contribution is 7.98. The summed E-state index contributed by atoms with van der Waals surface area (Å²) in [6.45, 7) is 2.58. The average molecular weight is 342 g/mol. The van der Waals surface area contributed by atoms with Crippen molar-refractivity contribution in [3.63, 3.8) is 0 Å². The Morgan fingerprint density at radius 2 is 2.04 bits per heavy atom. The van der Waals surface area contributed by atoms with Gasteiger partial charge in [0, 0.05) is 4.88 Å². The second kappa shape index (κ2) is 5.50. The molecule has 0 bridgehead atoms. The van der Waals surface area contributed by atoms with Crippen LogP contribution in [0, 0.1) is 6.92 Å². The Morgan fingerprint density at radius 1 is 1.26 bits per heavy atom. The number of thiophene rings is 1. The van der Waals surface area contributed by atoms with E-state index < -0.39 is 0 Å². The summed E-state index contributed by atoms with van der Waals surface area (Å²) in [5.41, 5.74) is 1.08. The highest BCUT2D eigenvalue weighted by atomic mass is 32.2. The van der Waals surface area contributed by atoms with E-state index in [1.54, 1.807) is 20.4 Å². The number of aryl methyl sites for hydroxylation is 1. The third kappa shape index (κ3) is 2.36. The number of hydrogen-bond acceptors (Lipinski definition) is 5. The van der Waals surface area contributed by atoms with Crippen molar-refractivity contribution < 1.29 is 0 Å². The molecule has 0 spiro atoms. The van der Waals surface area contributed by atoms with E-state index in [-0.39, 0.29) is 5.56 Å². The highest BCUT2D eigenvalue weighted by Gasteiger charge is 2.17. The van der Waals surface area contributed by atoms with Crippen molar-refractivity contribution in [2.45, 2.75) is 18.6 Å². The van der Waals surface area contributed by atoms with Gasteiger partial charge in [-0.3, -0.25) is 4.79 Å². The number of hydrogen-bond donors (Lipinski definition) is 0. The van der Waals surface area contributed by atoms with Crippen molar-refractivity contribution in [1.82, 2.24) is 19.2 Å². The highest BCUT2D eigenvalue weighted by Crippen LogP contribution is 2.23. The van der Waals surface area contributed by atoms with E-state index in [1.807, 2.05) is 49.6 Å². The largest absolute Gasteiger partial charge is 0.270 e. The fraction of sp³-hybridized carbons (Fsp3) is 0.188. The van der Waals surface area contributed by atoms with Gasteiger partial charge in [-0.15, -0.1) is 16.4 Å². The maximum atomic E-state index is 12.8. The maximum absolute atomic E-state index is 12.8. The number of aromatic nitrogens is 4. The van der Waals surface area contributed by atoms with Gasteiger partial charge in [-0.1, -0.05) is 42.1 Å². The molecule has 1 aromatic carbocycles. The van der Waals surface area contributed by atoms with Gasteiger partial charge in [-0.25, -0.2) is 14.1 Å². The summed E-state index contributed by atoms with van der Waals surface area (Å²) in [5, 5.41) is 5.91. The molecule has 4 aromatic rings. The zero-order valence-corrected chi connectivity index (χ0v) is 14.3. The maximum Gasteiger partial charge on any atom is 0.270 e. The molecule has 0 aliphatic carbocycles. The van der Waals surface area contributed by atoms with Gasteiger partial charge in [0.25, 0.3) is 5.56 Å². The normalized spacial score (nSPS) is 11.6. The Hall–Kier alpha value is -2.12. The summed E-state index contributed by atoms with van der Waals surface area (Å²) in [6, 6.07) is 12.0. The van der Waals surface area contributed by atoms with Crippen molar-refractivity contribution in [3.05, 3.63) is 57.2 Å². The van der Waals surface area contributed by atoms with Crippen molar-refractivity contribution in [3.8, 4) is 0 Å². The van der Waals surface area contributed by atoms with Crippen LogP contribution in [0.1, 0.15) is 10.4 Å². The molecule has 0 fully saturated rings. The topological polar surface area (TPSA) is 52.2 Å². The van der Waals surface area contributed by atoms with E-state index in [0.29, 0.717) is 22.9 Å². The quantitative estimate of drug-likeness (QED) is 0.537. The Morgan fingerprint density at radius 3 is 2.78 bits per heavy atom. The van der Waals surface area contributed by atoms with Gasteiger partial charge < -0.3 is 0 Å². The number of thioether (sulfide) groups is 1. The Kier molecular flexibility index (Phi) is 3.46. The molecule has 3 aromatic heterocycles.